The van der Waals surface area contributed by atoms with E-state index in [9.17, 15) is 23.2 Å². The van der Waals surface area contributed by atoms with Gasteiger partial charge in [0.15, 0.2) is 5.75 Å². The van der Waals surface area contributed by atoms with Gasteiger partial charge < -0.3 is 15.0 Å². The number of carbonyl (C=O) groups excluding carboxylic acids is 2. The lowest BCUT2D eigenvalue weighted by Gasteiger charge is -2.33. The Balaban J connectivity index is 0.932. The van der Waals surface area contributed by atoms with E-state index >= 15 is 4.39 Å². The Morgan fingerprint density at radius 1 is 1.02 bits per heavy atom. The number of aromatic nitrogens is 4. The maximum absolute atomic E-state index is 15.5. The average Bonchev–Trinajstić information content (AvgIpc) is 3.28. The number of rotatable bonds is 11. The summed E-state index contributed by atoms with van der Waals surface area (Å²) in [4.78, 5) is 47.7. The highest BCUT2D eigenvalue weighted by molar-refractivity contribution is 7.97. The first-order valence-electron chi connectivity index (χ1n) is 16.0. The van der Waals surface area contributed by atoms with Crippen molar-refractivity contribution >= 4 is 40.7 Å². The molecule has 2 amide bonds. The van der Waals surface area contributed by atoms with Gasteiger partial charge >= 0.3 is 12.3 Å². The molecule has 2 N–H and O–H groups in total. The van der Waals surface area contributed by atoms with Crippen LogP contribution in [0.1, 0.15) is 62.5 Å². The number of ether oxygens (including phenoxy) is 1. The molecule has 6 rings (SSSR count). The Morgan fingerprint density at radius 2 is 1.74 bits per heavy atom. The Labute approximate surface area is 274 Å². The summed E-state index contributed by atoms with van der Waals surface area (Å²) in [5, 5.41) is 5.56. The molecule has 0 spiro atoms. The molecule has 3 fully saturated rings. The molecule has 16 heteroatoms. The van der Waals surface area contributed by atoms with Crippen LogP contribution in [0.4, 0.5) is 19.1 Å². The van der Waals surface area contributed by atoms with E-state index in [2.05, 4.69) is 34.5 Å². The molecule has 0 bridgehead atoms. The van der Waals surface area contributed by atoms with Gasteiger partial charge in [0.1, 0.15) is 11.9 Å². The summed E-state index contributed by atoms with van der Waals surface area (Å²) in [6.45, 7) is 1.68. The smallest absolute Gasteiger partial charge is 0.387 e. The second-order valence-electron chi connectivity index (χ2n) is 12.3. The number of aryl methyl sites for hydroxylation is 1. The molecule has 1 atom stereocenters. The lowest BCUT2D eigenvalue weighted by atomic mass is 9.88. The van der Waals surface area contributed by atoms with Gasteiger partial charge in [-0.1, -0.05) is 11.9 Å². The minimum absolute atomic E-state index is 0.0447. The van der Waals surface area contributed by atoms with Crippen molar-refractivity contribution in [3.8, 4) is 5.75 Å². The molecular formula is C31H39F3N8O4S. The van der Waals surface area contributed by atoms with Gasteiger partial charge in [-0.25, -0.2) is 19.2 Å². The van der Waals surface area contributed by atoms with Crippen LogP contribution in [-0.4, -0.2) is 91.3 Å². The van der Waals surface area contributed by atoms with Gasteiger partial charge in [-0.15, -0.1) is 0 Å². The minimum atomic E-state index is -2.90. The zero-order valence-corrected chi connectivity index (χ0v) is 27.0. The quantitative estimate of drug-likeness (QED) is 0.177. The standard InChI is InChI=1S/C31H39F3N8O4S/c1-39-25-15-22(23(32)16-26(25)42(31(39)45)24-3-4-27(43)38-28(24)44)19-5-10-40(11-6-19)9-2-14-47-41-12-7-20(8-13-41)37-30-35-17-21(18-36-30)46-29(33)34/h15-20,24,29H,2-14H2,1H3,(H,35,36,37)(H,38,43,44). The van der Waals surface area contributed by atoms with Crippen LogP contribution in [0.25, 0.3) is 11.0 Å². The Bertz CT molecular complexity index is 1640. The molecule has 3 aromatic rings. The fourth-order valence-electron chi connectivity index (χ4n) is 6.75. The fraction of sp³-hybridized carbons (Fsp3) is 0.581. The van der Waals surface area contributed by atoms with E-state index in [-0.39, 0.29) is 42.3 Å². The van der Waals surface area contributed by atoms with Crippen molar-refractivity contribution in [1.29, 1.82) is 0 Å². The number of amides is 2. The highest BCUT2D eigenvalue weighted by atomic mass is 32.2. The predicted molar refractivity (Wildman–Crippen MR) is 171 cm³/mol. The molecular weight excluding hydrogens is 637 g/mol. The number of piperidine rings is 3. The van der Waals surface area contributed by atoms with Crippen molar-refractivity contribution in [2.75, 3.05) is 43.8 Å². The van der Waals surface area contributed by atoms with E-state index in [4.69, 9.17) is 0 Å². The highest BCUT2D eigenvalue weighted by Gasteiger charge is 2.32. The largest absolute Gasteiger partial charge is 0.432 e. The number of imidazole rings is 1. The highest BCUT2D eigenvalue weighted by Crippen LogP contribution is 2.33. The number of hydrogen-bond donors (Lipinski definition) is 2. The maximum atomic E-state index is 15.5. The first-order valence-corrected chi connectivity index (χ1v) is 17.0. The lowest BCUT2D eigenvalue weighted by molar-refractivity contribution is -0.135. The molecule has 2 aromatic heterocycles. The van der Waals surface area contributed by atoms with Gasteiger partial charge in [0.25, 0.3) is 0 Å². The first-order chi connectivity index (χ1) is 22.7. The monoisotopic (exact) mass is 676 g/mol. The zero-order chi connectivity index (χ0) is 33.1. The average molecular weight is 677 g/mol. The van der Waals surface area contributed by atoms with Gasteiger partial charge in [-0.3, -0.25) is 28.3 Å². The van der Waals surface area contributed by atoms with Crippen molar-refractivity contribution in [3.05, 3.63) is 46.4 Å². The Kier molecular flexibility index (Phi) is 10.4. The van der Waals surface area contributed by atoms with Crippen LogP contribution in [0.5, 0.6) is 5.75 Å². The van der Waals surface area contributed by atoms with Gasteiger partial charge in [-0.05, 0) is 75.7 Å². The number of anilines is 1. The van der Waals surface area contributed by atoms with Crippen molar-refractivity contribution in [2.45, 2.75) is 69.6 Å². The van der Waals surface area contributed by atoms with E-state index in [1.807, 2.05) is 11.9 Å². The summed E-state index contributed by atoms with van der Waals surface area (Å²) >= 11 is 1.86. The molecule has 254 valence electrons. The van der Waals surface area contributed by atoms with Crippen LogP contribution >= 0.6 is 11.9 Å². The minimum Gasteiger partial charge on any atom is -0.432 e. The van der Waals surface area contributed by atoms with Gasteiger partial charge in [0.05, 0.1) is 23.4 Å². The lowest BCUT2D eigenvalue weighted by Crippen LogP contribution is -2.44. The molecule has 12 nitrogen and oxygen atoms in total. The number of nitrogens with zero attached hydrogens (tertiary/aromatic N) is 6. The SMILES string of the molecule is Cn1c(=O)n(C2CCC(=O)NC2=O)c2cc(F)c(C3CCN(CCCSN4CCC(Nc5ncc(OC(F)F)cn5)CC4)CC3)cc21. The van der Waals surface area contributed by atoms with Crippen LogP contribution < -0.4 is 21.1 Å². The van der Waals surface area contributed by atoms with E-state index in [1.54, 1.807) is 13.1 Å². The fourth-order valence-corrected chi connectivity index (χ4v) is 7.74. The van der Waals surface area contributed by atoms with Gasteiger partial charge in [0.2, 0.25) is 17.8 Å². The Hall–Kier alpha value is -3.63. The molecule has 1 aromatic carbocycles. The van der Waals surface area contributed by atoms with Crippen LogP contribution in [0.3, 0.4) is 0 Å². The molecule has 47 heavy (non-hydrogen) atoms. The van der Waals surface area contributed by atoms with Crippen molar-refractivity contribution in [2.24, 2.45) is 7.05 Å². The van der Waals surface area contributed by atoms with E-state index in [1.165, 1.54) is 27.6 Å². The molecule has 0 saturated carbocycles. The van der Waals surface area contributed by atoms with Crippen LogP contribution in [-0.2, 0) is 16.6 Å². The second-order valence-corrected chi connectivity index (χ2v) is 13.5. The number of fused-ring (bicyclic) bond motifs is 1. The van der Waals surface area contributed by atoms with Crippen LogP contribution in [0.2, 0.25) is 0 Å². The molecule has 0 aliphatic carbocycles. The normalized spacial score (nSPS) is 20.7. The third-order valence-electron chi connectivity index (χ3n) is 9.29. The third-order valence-corrected chi connectivity index (χ3v) is 10.5. The van der Waals surface area contributed by atoms with Crippen molar-refractivity contribution in [1.82, 2.24) is 33.6 Å². The molecule has 1 unspecified atom stereocenters. The van der Waals surface area contributed by atoms with Crippen LogP contribution in [0, 0.1) is 5.82 Å². The molecule has 3 aliphatic rings. The number of hydrogen-bond acceptors (Lipinski definition) is 10. The maximum Gasteiger partial charge on any atom is 0.387 e. The Morgan fingerprint density at radius 3 is 2.43 bits per heavy atom. The van der Waals surface area contributed by atoms with E-state index in [0.29, 0.717) is 22.5 Å². The van der Waals surface area contributed by atoms with Gasteiger partial charge in [-0.2, -0.15) is 8.78 Å². The summed E-state index contributed by atoms with van der Waals surface area (Å²) < 4.78 is 49.6. The molecule has 5 heterocycles. The van der Waals surface area contributed by atoms with Crippen molar-refractivity contribution in [3.63, 3.8) is 0 Å². The second kappa shape index (κ2) is 14.6. The van der Waals surface area contributed by atoms with E-state index in [0.717, 1.165) is 70.6 Å². The van der Waals surface area contributed by atoms with E-state index < -0.39 is 24.3 Å². The summed E-state index contributed by atoms with van der Waals surface area (Å²) in [7, 11) is 1.63. The van der Waals surface area contributed by atoms with Crippen molar-refractivity contribution < 1.29 is 27.5 Å². The molecule has 3 aliphatic heterocycles. The molecule has 3 saturated heterocycles. The number of likely N-dealkylation sites (tertiary alicyclic amines) is 1. The summed E-state index contributed by atoms with van der Waals surface area (Å²) in [6, 6.07) is 2.51. The number of carbonyl (C=O) groups is 2. The summed E-state index contributed by atoms with van der Waals surface area (Å²) in [6.07, 6.45) is 7.36. The summed E-state index contributed by atoms with van der Waals surface area (Å²) in [5.41, 5.74) is 1.15. The number of halogens is 3. The third kappa shape index (κ3) is 7.75. The first kappa shape index (κ1) is 33.3. The molecule has 0 radical (unpaired) electrons. The number of benzene rings is 1. The van der Waals surface area contributed by atoms with Gasteiger partial charge in [0, 0.05) is 44.4 Å². The number of nitrogens with one attached hydrogen (secondary N) is 2. The zero-order valence-electron chi connectivity index (χ0n) is 26.2. The topological polar surface area (TPSA) is 127 Å². The number of imide groups is 1. The predicted octanol–water partition coefficient (Wildman–Crippen LogP) is 3.64. The van der Waals surface area contributed by atoms with Crippen LogP contribution in [0.15, 0.2) is 29.3 Å². The number of alkyl halides is 2. The summed E-state index contributed by atoms with van der Waals surface area (Å²) in [5.74, 6) is 0.115.